The van der Waals surface area contributed by atoms with Gasteiger partial charge in [-0.3, -0.25) is 5.32 Å². The van der Waals surface area contributed by atoms with Gasteiger partial charge >= 0.3 is 0 Å². The third kappa shape index (κ3) is 4.08. The first kappa shape index (κ1) is 25.4. The molecular formula is C39H32N4O. The van der Waals surface area contributed by atoms with Crippen molar-refractivity contribution in [3.63, 3.8) is 0 Å². The molecule has 0 bridgehead atoms. The first-order valence-corrected chi connectivity index (χ1v) is 15.5. The van der Waals surface area contributed by atoms with Crippen LogP contribution in [0.2, 0.25) is 0 Å². The van der Waals surface area contributed by atoms with Crippen LogP contribution in [0.3, 0.4) is 0 Å². The molecule has 214 valence electrons. The minimum atomic E-state index is -0.156. The Morgan fingerprint density at radius 1 is 0.727 bits per heavy atom. The monoisotopic (exact) mass is 572 g/mol. The van der Waals surface area contributed by atoms with E-state index in [0.29, 0.717) is 0 Å². The van der Waals surface area contributed by atoms with Gasteiger partial charge in [0.2, 0.25) is 0 Å². The molecule has 0 fully saturated rings. The average molecular weight is 573 g/mol. The molecule has 9 rings (SSSR count). The van der Waals surface area contributed by atoms with Gasteiger partial charge in [0.25, 0.3) is 0 Å². The van der Waals surface area contributed by atoms with Crippen LogP contribution < -0.4 is 15.5 Å². The Kier molecular flexibility index (Phi) is 5.91. The molecule has 4 aromatic carbocycles. The standard InChI is InChI=1S/C39H32N4O/c1-3-11-25(12-4-1)37-40-38(26-13-5-2-6-14-26)42-39(41-37)27-19-21-28(22-20-27)43-32-17-9-7-16-31(32)35-33(43)24-23-30-29-15-8-10-18-34(29)44-36(30)35/h1-13,15-24,26,31-32,37,39,41H,14H2,(H,40,42). The number of anilines is 2. The number of nitrogens with one attached hydrogen (secondary N) is 2. The van der Waals surface area contributed by atoms with Crippen LogP contribution in [0, 0.1) is 5.92 Å². The predicted octanol–water partition coefficient (Wildman–Crippen LogP) is 8.74. The van der Waals surface area contributed by atoms with Gasteiger partial charge in [0.15, 0.2) is 0 Å². The molecule has 5 atom stereocenters. The number of benzene rings is 4. The minimum Gasteiger partial charge on any atom is -0.456 e. The summed E-state index contributed by atoms with van der Waals surface area (Å²) in [5, 5.41) is 9.79. The van der Waals surface area contributed by atoms with Crippen molar-refractivity contribution in [2.24, 2.45) is 10.9 Å². The normalized spacial score (nSPS) is 25.2. The van der Waals surface area contributed by atoms with Crippen molar-refractivity contribution in [1.82, 2.24) is 10.6 Å². The molecule has 44 heavy (non-hydrogen) atoms. The fraction of sp³-hybridized carbons (Fsp3) is 0.154. The van der Waals surface area contributed by atoms with Gasteiger partial charge in [-0.05, 0) is 47.9 Å². The Bertz CT molecular complexity index is 2030. The summed E-state index contributed by atoms with van der Waals surface area (Å²) in [6, 6.07) is 32.5. The number of para-hydroxylation sites is 1. The van der Waals surface area contributed by atoms with E-state index in [0.717, 1.165) is 34.7 Å². The van der Waals surface area contributed by atoms with Gasteiger partial charge in [0.1, 0.15) is 29.3 Å². The molecule has 5 heteroatoms. The first-order valence-electron chi connectivity index (χ1n) is 15.5. The summed E-state index contributed by atoms with van der Waals surface area (Å²) in [6.45, 7) is 0. The number of rotatable bonds is 4. The highest BCUT2D eigenvalue weighted by molar-refractivity contribution is 6.08. The molecular weight excluding hydrogens is 540 g/mol. The molecule has 3 heterocycles. The van der Waals surface area contributed by atoms with Gasteiger partial charge in [-0.25, -0.2) is 4.99 Å². The smallest absolute Gasteiger partial charge is 0.141 e. The van der Waals surface area contributed by atoms with E-state index in [2.05, 4.69) is 149 Å². The Labute approximate surface area is 256 Å². The van der Waals surface area contributed by atoms with E-state index >= 15 is 0 Å². The summed E-state index contributed by atoms with van der Waals surface area (Å²) < 4.78 is 6.51. The molecule has 5 aromatic rings. The van der Waals surface area contributed by atoms with Gasteiger partial charge in [0.05, 0.1) is 6.04 Å². The molecule has 2 N–H and O–H groups in total. The quantitative estimate of drug-likeness (QED) is 0.226. The Balaban J connectivity index is 1.09. The maximum atomic E-state index is 6.51. The van der Waals surface area contributed by atoms with E-state index < -0.39 is 0 Å². The van der Waals surface area contributed by atoms with Gasteiger partial charge in [0, 0.05) is 39.5 Å². The Hall–Kier alpha value is -5.13. The number of allylic oxidation sites excluding steroid dienone is 5. The fourth-order valence-corrected chi connectivity index (χ4v) is 7.27. The second kappa shape index (κ2) is 10.2. The number of hydrogen-bond acceptors (Lipinski definition) is 5. The number of fused-ring (bicyclic) bond motifs is 7. The zero-order valence-corrected chi connectivity index (χ0v) is 24.2. The molecule has 0 saturated carbocycles. The SMILES string of the molecule is C1=CCC(C2=NC(c3ccc(N4c5ccc6c(oc7ccccc76)c5C5C=CC=CC54)cc3)NC(c3ccccc3)N2)C=C1. The molecule has 1 aromatic heterocycles. The Morgan fingerprint density at radius 2 is 1.55 bits per heavy atom. The van der Waals surface area contributed by atoms with Crippen LogP contribution in [-0.2, 0) is 0 Å². The molecule has 0 spiro atoms. The minimum absolute atomic E-state index is 0.0238. The van der Waals surface area contributed by atoms with E-state index in [4.69, 9.17) is 9.41 Å². The van der Waals surface area contributed by atoms with Crippen molar-refractivity contribution in [3.8, 4) is 0 Å². The van der Waals surface area contributed by atoms with Crippen LogP contribution in [0.15, 0.2) is 149 Å². The summed E-state index contributed by atoms with van der Waals surface area (Å²) >= 11 is 0. The van der Waals surface area contributed by atoms with E-state index in [1.807, 2.05) is 6.07 Å². The van der Waals surface area contributed by atoms with E-state index in [-0.39, 0.29) is 30.2 Å². The largest absolute Gasteiger partial charge is 0.456 e. The van der Waals surface area contributed by atoms with Crippen molar-refractivity contribution in [3.05, 3.63) is 156 Å². The van der Waals surface area contributed by atoms with Crippen molar-refractivity contribution >= 4 is 39.1 Å². The van der Waals surface area contributed by atoms with Crippen LogP contribution in [0.5, 0.6) is 0 Å². The summed E-state index contributed by atoms with van der Waals surface area (Å²) in [5.74, 6) is 1.49. The maximum Gasteiger partial charge on any atom is 0.141 e. The zero-order chi connectivity index (χ0) is 29.0. The van der Waals surface area contributed by atoms with Crippen molar-refractivity contribution in [2.45, 2.75) is 30.7 Å². The van der Waals surface area contributed by atoms with Gasteiger partial charge < -0.3 is 14.6 Å². The number of nitrogens with zero attached hydrogens (tertiary/aromatic N) is 2. The number of hydrogen-bond donors (Lipinski definition) is 2. The highest BCUT2D eigenvalue weighted by atomic mass is 16.3. The van der Waals surface area contributed by atoms with Gasteiger partial charge in [-0.2, -0.15) is 0 Å². The maximum absolute atomic E-state index is 6.51. The van der Waals surface area contributed by atoms with Gasteiger partial charge in [-0.1, -0.05) is 109 Å². The second-order valence-electron chi connectivity index (χ2n) is 11.9. The van der Waals surface area contributed by atoms with Crippen LogP contribution in [0.25, 0.3) is 21.9 Å². The van der Waals surface area contributed by atoms with Crippen LogP contribution in [-0.4, -0.2) is 11.9 Å². The molecule has 5 nitrogen and oxygen atoms in total. The Morgan fingerprint density at radius 3 is 2.41 bits per heavy atom. The average Bonchev–Trinajstić information content (AvgIpc) is 3.65. The molecule has 2 aliphatic carbocycles. The molecule has 2 aliphatic heterocycles. The number of aliphatic imine (C=N–C) groups is 1. The fourth-order valence-electron chi connectivity index (χ4n) is 7.27. The lowest BCUT2D eigenvalue weighted by molar-refractivity contribution is 0.399. The summed E-state index contributed by atoms with van der Waals surface area (Å²) in [5.41, 5.74) is 7.92. The van der Waals surface area contributed by atoms with E-state index in [1.54, 1.807) is 0 Å². The molecule has 0 saturated heterocycles. The van der Waals surface area contributed by atoms with Crippen molar-refractivity contribution in [2.75, 3.05) is 4.90 Å². The summed E-state index contributed by atoms with van der Waals surface area (Å²) in [4.78, 5) is 7.66. The highest BCUT2D eigenvalue weighted by Gasteiger charge is 2.40. The van der Waals surface area contributed by atoms with Crippen LogP contribution in [0.1, 0.15) is 41.4 Å². The zero-order valence-electron chi connectivity index (χ0n) is 24.2. The van der Waals surface area contributed by atoms with Crippen molar-refractivity contribution < 1.29 is 4.42 Å². The topological polar surface area (TPSA) is 52.8 Å². The third-order valence-corrected chi connectivity index (χ3v) is 9.40. The van der Waals surface area contributed by atoms with Crippen LogP contribution in [0.4, 0.5) is 11.4 Å². The van der Waals surface area contributed by atoms with Crippen LogP contribution >= 0.6 is 0 Å². The van der Waals surface area contributed by atoms with Gasteiger partial charge in [-0.15, -0.1) is 0 Å². The summed E-state index contributed by atoms with van der Waals surface area (Å²) in [7, 11) is 0. The number of amidine groups is 1. The molecule has 0 amide bonds. The lowest BCUT2D eigenvalue weighted by Crippen LogP contribution is -2.47. The first-order chi connectivity index (χ1) is 21.8. The van der Waals surface area contributed by atoms with E-state index in [9.17, 15) is 0 Å². The molecule has 0 radical (unpaired) electrons. The number of furan rings is 1. The molecule has 4 aliphatic rings. The highest BCUT2D eigenvalue weighted by Crippen LogP contribution is 2.51. The molecule has 5 unspecified atom stereocenters. The second-order valence-corrected chi connectivity index (χ2v) is 11.9. The third-order valence-electron chi connectivity index (χ3n) is 9.40. The van der Waals surface area contributed by atoms with Crippen molar-refractivity contribution in [1.29, 1.82) is 0 Å². The summed E-state index contributed by atoms with van der Waals surface area (Å²) in [6.07, 6.45) is 18.4. The predicted molar refractivity (Wildman–Crippen MR) is 179 cm³/mol. The van der Waals surface area contributed by atoms with E-state index in [1.165, 1.54) is 27.6 Å². The lowest BCUT2D eigenvalue weighted by Gasteiger charge is -2.34. The lowest BCUT2D eigenvalue weighted by atomic mass is 9.90.